The molecule has 0 radical (unpaired) electrons. The summed E-state index contributed by atoms with van der Waals surface area (Å²) in [6, 6.07) is 38.0. The summed E-state index contributed by atoms with van der Waals surface area (Å²) in [7, 11) is 3.37. The topological polar surface area (TPSA) is 18.5 Å². The van der Waals surface area contributed by atoms with E-state index in [1.54, 1.807) is 26.0 Å². The van der Waals surface area contributed by atoms with Gasteiger partial charge in [0.2, 0.25) is 0 Å². The Morgan fingerprint density at radius 2 is 0.900 bits per heavy atom. The summed E-state index contributed by atoms with van der Waals surface area (Å²) in [6.45, 7) is 0. The molecule has 0 N–H and O–H groups in total. The second-order valence-corrected chi connectivity index (χ2v) is 8.22. The van der Waals surface area contributed by atoms with Crippen molar-refractivity contribution in [2.45, 2.75) is 9.64 Å². The van der Waals surface area contributed by atoms with Gasteiger partial charge in [-0.3, -0.25) is 0 Å². The summed E-state index contributed by atoms with van der Waals surface area (Å²) in [5.41, 5.74) is 3.65. The smallest absolute Gasteiger partial charge is 0.123 e. The molecule has 30 heavy (non-hydrogen) atoms. The molecule has 4 aromatic carbocycles. The molecule has 0 fully saturated rings. The summed E-state index contributed by atoms with van der Waals surface area (Å²) in [5.74, 6) is 1.56. The molecule has 0 unspecified atom stereocenters. The van der Waals surface area contributed by atoms with E-state index in [-0.39, 0.29) is 0 Å². The summed E-state index contributed by atoms with van der Waals surface area (Å²) in [6.07, 6.45) is 0. The van der Waals surface area contributed by atoms with Gasteiger partial charge in [-0.1, -0.05) is 91.0 Å². The molecule has 0 aliphatic rings. The van der Waals surface area contributed by atoms with Crippen LogP contribution in [0.2, 0.25) is 0 Å². The van der Waals surface area contributed by atoms with Gasteiger partial charge in [0.1, 0.15) is 11.5 Å². The predicted octanol–water partition coefficient (Wildman–Crippen LogP) is 6.79. The third kappa shape index (κ3) is 3.94. The van der Waals surface area contributed by atoms with Gasteiger partial charge in [0.05, 0.1) is 19.0 Å². The Labute approximate surface area is 182 Å². The van der Waals surface area contributed by atoms with E-state index in [1.165, 1.54) is 16.7 Å². The molecule has 0 aliphatic carbocycles. The molecule has 0 saturated carbocycles. The molecular formula is C27H24O2S. The minimum Gasteiger partial charge on any atom is -0.497 e. The second kappa shape index (κ2) is 9.10. The van der Waals surface area contributed by atoms with E-state index >= 15 is 0 Å². The standard InChI is InChI=1S/C27H24O2S/c1-28-24-18-25(29-2)20-26(19-24)30-27(21-12-6-3-7-13-21,22-14-8-4-9-15-22)23-16-10-5-11-17-23/h3-20H,1-2H3. The van der Waals surface area contributed by atoms with Crippen LogP contribution in [0.25, 0.3) is 0 Å². The zero-order chi connectivity index (χ0) is 20.8. The highest BCUT2D eigenvalue weighted by molar-refractivity contribution is 8.00. The van der Waals surface area contributed by atoms with Crippen LogP contribution >= 0.6 is 11.8 Å². The lowest BCUT2D eigenvalue weighted by molar-refractivity contribution is 0.392. The molecule has 3 heteroatoms. The number of rotatable bonds is 7. The first-order valence-electron chi connectivity index (χ1n) is 9.85. The molecule has 0 bridgehead atoms. The SMILES string of the molecule is COc1cc(OC)cc(SC(c2ccccc2)(c2ccccc2)c2ccccc2)c1. The van der Waals surface area contributed by atoms with Gasteiger partial charge in [-0.25, -0.2) is 0 Å². The van der Waals surface area contributed by atoms with Crippen molar-refractivity contribution in [3.05, 3.63) is 126 Å². The van der Waals surface area contributed by atoms with E-state index in [1.807, 2.05) is 6.07 Å². The van der Waals surface area contributed by atoms with Crippen LogP contribution in [0.1, 0.15) is 16.7 Å². The molecule has 0 aliphatic heterocycles. The molecule has 0 amide bonds. The van der Waals surface area contributed by atoms with E-state index in [0.717, 1.165) is 16.4 Å². The minimum atomic E-state index is -0.429. The van der Waals surface area contributed by atoms with Gasteiger partial charge in [0.25, 0.3) is 0 Å². The van der Waals surface area contributed by atoms with Crippen LogP contribution in [0.5, 0.6) is 11.5 Å². The van der Waals surface area contributed by atoms with Crippen LogP contribution in [-0.2, 0) is 4.75 Å². The zero-order valence-electron chi connectivity index (χ0n) is 17.1. The van der Waals surface area contributed by atoms with Gasteiger partial charge < -0.3 is 9.47 Å². The molecule has 4 aromatic rings. The maximum atomic E-state index is 5.54. The van der Waals surface area contributed by atoms with Crippen molar-refractivity contribution in [2.24, 2.45) is 0 Å². The van der Waals surface area contributed by atoms with E-state index in [9.17, 15) is 0 Å². The van der Waals surface area contributed by atoms with Crippen LogP contribution in [0.3, 0.4) is 0 Å². The van der Waals surface area contributed by atoms with E-state index < -0.39 is 4.75 Å². The molecule has 0 spiro atoms. The molecule has 2 nitrogen and oxygen atoms in total. The molecule has 4 rings (SSSR count). The summed E-state index contributed by atoms with van der Waals surface area (Å²) >= 11 is 1.79. The Morgan fingerprint density at radius 1 is 0.533 bits per heavy atom. The lowest BCUT2D eigenvalue weighted by Gasteiger charge is -2.35. The van der Waals surface area contributed by atoms with Gasteiger partial charge in [-0.15, -0.1) is 11.8 Å². The van der Waals surface area contributed by atoms with E-state index in [4.69, 9.17) is 9.47 Å². The van der Waals surface area contributed by atoms with Gasteiger partial charge in [-0.2, -0.15) is 0 Å². The van der Waals surface area contributed by atoms with Crippen molar-refractivity contribution in [3.63, 3.8) is 0 Å². The highest BCUT2D eigenvalue weighted by Gasteiger charge is 2.37. The molecule has 0 aromatic heterocycles. The maximum Gasteiger partial charge on any atom is 0.123 e. The highest BCUT2D eigenvalue weighted by Crippen LogP contribution is 2.52. The van der Waals surface area contributed by atoms with E-state index in [0.29, 0.717) is 0 Å². The van der Waals surface area contributed by atoms with Crippen molar-refractivity contribution in [3.8, 4) is 11.5 Å². The Kier molecular flexibility index (Phi) is 6.10. The number of methoxy groups -OCH3 is 2. The summed E-state index contributed by atoms with van der Waals surface area (Å²) < 4.78 is 10.6. The van der Waals surface area contributed by atoms with E-state index in [2.05, 4.69) is 103 Å². The third-order valence-corrected chi connectivity index (χ3v) is 6.62. The first-order chi connectivity index (χ1) is 14.8. The largest absolute Gasteiger partial charge is 0.497 e. The number of hydrogen-bond donors (Lipinski definition) is 0. The fourth-order valence-corrected chi connectivity index (χ4v) is 5.18. The minimum absolute atomic E-state index is 0.429. The number of hydrogen-bond acceptors (Lipinski definition) is 3. The molecule has 150 valence electrons. The number of benzene rings is 4. The highest BCUT2D eigenvalue weighted by atomic mass is 32.2. The van der Waals surface area contributed by atoms with Gasteiger partial charge in [0.15, 0.2) is 0 Å². The normalized spacial score (nSPS) is 11.1. The molecule has 0 saturated heterocycles. The Morgan fingerprint density at radius 3 is 1.23 bits per heavy atom. The van der Waals surface area contributed by atoms with Crippen molar-refractivity contribution >= 4 is 11.8 Å². The number of thioether (sulfide) groups is 1. The van der Waals surface area contributed by atoms with Crippen LogP contribution in [0.4, 0.5) is 0 Å². The van der Waals surface area contributed by atoms with Crippen LogP contribution in [0, 0.1) is 0 Å². The first kappa shape index (κ1) is 20.1. The van der Waals surface area contributed by atoms with Crippen molar-refractivity contribution < 1.29 is 9.47 Å². The summed E-state index contributed by atoms with van der Waals surface area (Å²) in [4.78, 5) is 1.07. The zero-order valence-corrected chi connectivity index (χ0v) is 17.9. The maximum absolute atomic E-state index is 5.54. The van der Waals surface area contributed by atoms with Gasteiger partial charge in [-0.05, 0) is 28.8 Å². The average Bonchev–Trinajstić information content (AvgIpc) is 2.84. The Hall–Kier alpha value is -3.17. The van der Waals surface area contributed by atoms with Crippen LogP contribution in [-0.4, -0.2) is 14.2 Å². The quantitative estimate of drug-likeness (QED) is 0.246. The molecule has 0 heterocycles. The lowest BCUT2D eigenvalue weighted by atomic mass is 9.84. The Bertz CT molecular complexity index is 961. The second-order valence-electron chi connectivity index (χ2n) is 6.93. The van der Waals surface area contributed by atoms with Gasteiger partial charge >= 0.3 is 0 Å². The first-order valence-corrected chi connectivity index (χ1v) is 10.7. The van der Waals surface area contributed by atoms with Crippen LogP contribution < -0.4 is 9.47 Å². The van der Waals surface area contributed by atoms with Crippen molar-refractivity contribution in [1.29, 1.82) is 0 Å². The predicted molar refractivity (Wildman–Crippen MR) is 125 cm³/mol. The molecular weight excluding hydrogens is 388 g/mol. The summed E-state index contributed by atoms with van der Waals surface area (Å²) in [5, 5.41) is 0. The molecule has 0 atom stereocenters. The van der Waals surface area contributed by atoms with Gasteiger partial charge in [0, 0.05) is 11.0 Å². The third-order valence-electron chi connectivity index (χ3n) is 5.14. The fourth-order valence-electron chi connectivity index (χ4n) is 3.71. The number of ether oxygens (including phenoxy) is 2. The average molecular weight is 413 g/mol. The fraction of sp³-hybridized carbons (Fsp3) is 0.111. The monoisotopic (exact) mass is 412 g/mol. The van der Waals surface area contributed by atoms with Crippen molar-refractivity contribution in [2.75, 3.05) is 14.2 Å². The van der Waals surface area contributed by atoms with Crippen molar-refractivity contribution in [1.82, 2.24) is 0 Å². The lowest BCUT2D eigenvalue weighted by Crippen LogP contribution is -2.25. The Balaban J connectivity index is 1.98. The van der Waals surface area contributed by atoms with Crippen LogP contribution in [0.15, 0.2) is 114 Å².